The number of rotatable bonds is 12. The highest BCUT2D eigenvalue weighted by atomic mass is 15.1. The molecule has 0 bridgehead atoms. The highest BCUT2D eigenvalue weighted by molar-refractivity contribution is 5.31. The molecule has 166 valence electrons. The fraction of sp³-hybridized carbons (Fsp3) is 0.483. The van der Waals surface area contributed by atoms with Gasteiger partial charge >= 0.3 is 0 Å². The Balaban J connectivity index is 1.88. The minimum Gasteiger partial charge on any atom is -0.237 e. The second-order valence-electron chi connectivity index (χ2n) is 9.65. The molecule has 2 aromatic carbocycles. The third-order valence-electron chi connectivity index (χ3n) is 6.68. The van der Waals surface area contributed by atoms with E-state index in [0.717, 1.165) is 13.0 Å². The van der Waals surface area contributed by atoms with Crippen LogP contribution < -0.4 is 4.57 Å². The Labute approximate surface area is 190 Å². The van der Waals surface area contributed by atoms with Crippen molar-refractivity contribution in [3.63, 3.8) is 0 Å². The molecule has 2 unspecified atom stereocenters. The summed E-state index contributed by atoms with van der Waals surface area (Å²) in [5.74, 6) is 0.513. The van der Waals surface area contributed by atoms with Crippen LogP contribution in [0, 0.1) is 5.92 Å². The van der Waals surface area contributed by atoms with E-state index in [4.69, 9.17) is 0 Å². The molecule has 0 saturated heterocycles. The van der Waals surface area contributed by atoms with Crippen molar-refractivity contribution in [2.75, 3.05) is 0 Å². The zero-order valence-corrected chi connectivity index (χ0v) is 20.0. The zero-order valence-electron chi connectivity index (χ0n) is 20.0. The number of imidazole rings is 1. The molecule has 2 atom stereocenters. The first-order valence-electron chi connectivity index (χ1n) is 12.2. The Kier molecular flexibility index (Phi) is 8.51. The maximum atomic E-state index is 2.48. The van der Waals surface area contributed by atoms with Gasteiger partial charge in [-0.3, -0.25) is 0 Å². The second kappa shape index (κ2) is 11.3. The van der Waals surface area contributed by atoms with E-state index in [1.807, 2.05) is 0 Å². The van der Waals surface area contributed by atoms with Crippen LogP contribution in [0.3, 0.4) is 0 Å². The van der Waals surface area contributed by atoms with Crippen molar-refractivity contribution in [3.8, 4) is 0 Å². The summed E-state index contributed by atoms with van der Waals surface area (Å²) in [7, 11) is 0. The van der Waals surface area contributed by atoms with E-state index >= 15 is 0 Å². The van der Waals surface area contributed by atoms with Gasteiger partial charge in [0.25, 0.3) is 0 Å². The maximum absolute atomic E-state index is 2.48. The molecule has 0 saturated carbocycles. The normalized spacial score (nSPS) is 14.5. The summed E-state index contributed by atoms with van der Waals surface area (Å²) in [4.78, 5) is 0. The van der Waals surface area contributed by atoms with Crippen LogP contribution in [0.2, 0.25) is 0 Å². The van der Waals surface area contributed by atoms with Crippen molar-refractivity contribution in [1.29, 1.82) is 0 Å². The van der Waals surface area contributed by atoms with Crippen molar-refractivity contribution in [3.05, 3.63) is 90.5 Å². The fourth-order valence-corrected chi connectivity index (χ4v) is 5.23. The van der Waals surface area contributed by atoms with E-state index in [2.05, 4.69) is 116 Å². The predicted molar refractivity (Wildman–Crippen MR) is 131 cm³/mol. The van der Waals surface area contributed by atoms with E-state index < -0.39 is 0 Å². The number of aromatic nitrogens is 2. The molecule has 1 aromatic heterocycles. The molecule has 0 radical (unpaired) electrons. The van der Waals surface area contributed by atoms with Gasteiger partial charge in [-0.25, -0.2) is 9.13 Å². The van der Waals surface area contributed by atoms with Crippen molar-refractivity contribution in [2.45, 2.75) is 84.2 Å². The molecular weight excluding hydrogens is 376 g/mol. The summed E-state index contributed by atoms with van der Waals surface area (Å²) in [5.41, 5.74) is 2.81. The minimum absolute atomic E-state index is 0.00520. The van der Waals surface area contributed by atoms with Crippen molar-refractivity contribution in [1.82, 2.24) is 4.57 Å². The molecule has 0 aliphatic heterocycles. The number of hydrogen-bond donors (Lipinski definition) is 0. The van der Waals surface area contributed by atoms with E-state index in [9.17, 15) is 0 Å². The summed E-state index contributed by atoms with van der Waals surface area (Å²) in [5, 5.41) is 0. The fourth-order valence-electron chi connectivity index (χ4n) is 5.23. The van der Waals surface area contributed by atoms with Gasteiger partial charge < -0.3 is 0 Å². The van der Waals surface area contributed by atoms with Crippen molar-refractivity contribution >= 4 is 0 Å². The van der Waals surface area contributed by atoms with Crippen LogP contribution in [0.1, 0.15) is 77.0 Å². The molecule has 0 spiro atoms. The van der Waals surface area contributed by atoms with Crippen LogP contribution in [0.4, 0.5) is 0 Å². The molecule has 31 heavy (non-hydrogen) atoms. The zero-order chi connectivity index (χ0) is 22.1. The Morgan fingerprint density at radius 3 is 2.16 bits per heavy atom. The number of nitrogens with zero attached hydrogens (tertiary/aromatic N) is 2. The number of benzene rings is 2. The van der Waals surface area contributed by atoms with Crippen LogP contribution in [-0.4, -0.2) is 4.57 Å². The minimum atomic E-state index is -0.00520. The summed E-state index contributed by atoms with van der Waals surface area (Å²) in [6.45, 7) is 10.6. The summed E-state index contributed by atoms with van der Waals surface area (Å²) in [6.07, 6.45) is 14.5. The molecule has 1 heterocycles. The van der Waals surface area contributed by atoms with Crippen molar-refractivity contribution in [2.24, 2.45) is 5.92 Å². The van der Waals surface area contributed by atoms with Gasteiger partial charge in [0.2, 0.25) is 6.33 Å². The second-order valence-corrected chi connectivity index (χ2v) is 9.65. The molecule has 2 nitrogen and oxygen atoms in total. The van der Waals surface area contributed by atoms with Crippen LogP contribution in [0.15, 0.2) is 79.4 Å². The summed E-state index contributed by atoms with van der Waals surface area (Å²) < 4.78 is 4.86. The molecule has 0 fully saturated rings. The number of unbranched alkanes of at least 4 members (excludes halogenated alkanes) is 4. The molecule has 3 aromatic rings. The lowest BCUT2D eigenvalue weighted by Crippen LogP contribution is -2.40. The van der Waals surface area contributed by atoms with Gasteiger partial charge in [-0.05, 0) is 36.3 Å². The van der Waals surface area contributed by atoms with Gasteiger partial charge in [0.05, 0.1) is 6.54 Å². The van der Waals surface area contributed by atoms with E-state index in [0.29, 0.717) is 12.0 Å². The third-order valence-corrected chi connectivity index (χ3v) is 6.68. The lowest BCUT2D eigenvalue weighted by molar-refractivity contribution is -0.697. The largest absolute Gasteiger partial charge is 0.244 e. The molecule has 0 aliphatic carbocycles. The lowest BCUT2D eigenvalue weighted by atomic mass is 9.68. The van der Waals surface area contributed by atoms with Crippen LogP contribution in [0.25, 0.3) is 0 Å². The van der Waals surface area contributed by atoms with Gasteiger partial charge in [0, 0.05) is 5.41 Å². The van der Waals surface area contributed by atoms with E-state index in [-0.39, 0.29) is 5.41 Å². The van der Waals surface area contributed by atoms with Crippen LogP contribution in [0.5, 0.6) is 0 Å². The van der Waals surface area contributed by atoms with Gasteiger partial charge in [-0.1, -0.05) is 108 Å². The summed E-state index contributed by atoms with van der Waals surface area (Å²) >= 11 is 0. The van der Waals surface area contributed by atoms with E-state index in [1.165, 1.54) is 43.2 Å². The SMILES string of the molecule is CCCCCCC[n+]1ccn(C(C(C)C)C(C)(Cc2ccccc2)c2ccccc2)c1. The van der Waals surface area contributed by atoms with Gasteiger partial charge in [-0.2, -0.15) is 0 Å². The van der Waals surface area contributed by atoms with Gasteiger partial charge in [-0.15, -0.1) is 0 Å². The quantitative estimate of drug-likeness (QED) is 0.219. The highest BCUT2D eigenvalue weighted by Gasteiger charge is 2.42. The first-order chi connectivity index (χ1) is 15.0. The first-order valence-corrected chi connectivity index (χ1v) is 12.2. The Hall–Kier alpha value is -2.35. The maximum Gasteiger partial charge on any atom is 0.244 e. The summed E-state index contributed by atoms with van der Waals surface area (Å²) in [6, 6.07) is 22.4. The molecule has 3 rings (SSSR count). The molecular formula is C29H41N2+. The van der Waals surface area contributed by atoms with Crippen LogP contribution >= 0.6 is 0 Å². The number of hydrogen-bond acceptors (Lipinski definition) is 0. The lowest BCUT2D eigenvalue weighted by Gasteiger charge is -2.38. The topological polar surface area (TPSA) is 8.81 Å². The standard InChI is InChI=1S/C29H41N2/c1-5-6-7-8-15-20-30-21-22-31(24-30)28(25(2)3)29(4,27-18-13-10-14-19-27)23-26-16-11-9-12-17-26/h9-14,16-19,21-22,24-25,28H,5-8,15,20,23H2,1-4H3/q+1. The highest BCUT2D eigenvalue weighted by Crippen LogP contribution is 2.42. The molecule has 2 heteroatoms. The third kappa shape index (κ3) is 6.09. The van der Waals surface area contributed by atoms with E-state index in [1.54, 1.807) is 0 Å². The Morgan fingerprint density at radius 1 is 0.871 bits per heavy atom. The molecule has 0 amide bonds. The average molecular weight is 418 g/mol. The van der Waals surface area contributed by atoms with Crippen LogP contribution in [-0.2, 0) is 18.4 Å². The predicted octanol–water partition coefficient (Wildman–Crippen LogP) is 7.14. The Bertz CT molecular complexity index is 881. The van der Waals surface area contributed by atoms with Gasteiger partial charge in [0.1, 0.15) is 18.4 Å². The van der Waals surface area contributed by atoms with Gasteiger partial charge in [0.15, 0.2) is 0 Å². The molecule has 0 N–H and O–H groups in total. The smallest absolute Gasteiger partial charge is 0.237 e. The first kappa shape index (κ1) is 23.3. The molecule has 0 aliphatic rings. The van der Waals surface area contributed by atoms with Crippen molar-refractivity contribution < 1.29 is 4.57 Å². The Morgan fingerprint density at radius 2 is 1.52 bits per heavy atom. The average Bonchev–Trinajstić information content (AvgIpc) is 3.22. The number of aryl methyl sites for hydroxylation is 1. The monoisotopic (exact) mass is 417 g/mol.